The Kier molecular flexibility index (Phi) is 4.91. The van der Waals surface area contributed by atoms with Gasteiger partial charge in [0.05, 0.1) is 0 Å². The molecule has 4 aromatic rings. The van der Waals surface area contributed by atoms with E-state index in [0.717, 1.165) is 5.56 Å². The molecule has 31 heavy (non-hydrogen) atoms. The molecule has 0 fully saturated rings. The average molecular weight is 440 g/mol. The van der Waals surface area contributed by atoms with Crippen LogP contribution < -0.4 is 4.74 Å². The first-order valence-electron chi connectivity index (χ1n) is 8.76. The Labute approximate surface area is 170 Å². The van der Waals surface area contributed by atoms with E-state index in [9.17, 15) is 30.7 Å². The van der Waals surface area contributed by atoms with Gasteiger partial charge in [-0.05, 0) is 37.3 Å². The average Bonchev–Trinajstić information content (AvgIpc) is 3.08. The molecule has 0 radical (unpaired) electrons. The fraction of sp³-hybridized carbons (Fsp3) is 0.0909. The third kappa shape index (κ3) is 3.83. The molecular weight excluding hydrogens is 429 g/mol. The van der Waals surface area contributed by atoms with E-state index >= 15 is 0 Å². The molecule has 0 amide bonds. The topological polar surface area (TPSA) is 22.4 Å². The minimum absolute atomic E-state index is 0.0388. The maximum absolute atomic E-state index is 14.5. The van der Waals surface area contributed by atoms with Crippen molar-refractivity contribution in [2.24, 2.45) is 0 Å². The number of rotatable bonds is 4. The van der Waals surface area contributed by atoms with Crippen molar-refractivity contribution < 1.29 is 39.9 Å². The van der Waals surface area contributed by atoms with Gasteiger partial charge in [0.25, 0.3) is 0 Å². The van der Waals surface area contributed by atoms with Crippen molar-refractivity contribution in [1.29, 1.82) is 0 Å². The van der Waals surface area contributed by atoms with Gasteiger partial charge in [-0.1, -0.05) is 11.6 Å². The minimum Gasteiger partial charge on any atom is -0.456 e. The zero-order chi connectivity index (χ0) is 22.5. The van der Waals surface area contributed by atoms with Gasteiger partial charge in [-0.2, -0.15) is 8.78 Å². The highest BCUT2D eigenvalue weighted by molar-refractivity contribution is 5.83. The van der Waals surface area contributed by atoms with E-state index in [1.54, 1.807) is 18.2 Å². The lowest BCUT2D eigenvalue weighted by atomic mass is 10.1. The Morgan fingerprint density at radius 3 is 2.00 bits per heavy atom. The lowest BCUT2D eigenvalue weighted by Gasteiger charge is -2.20. The van der Waals surface area contributed by atoms with Crippen LogP contribution in [0, 0.1) is 36.0 Å². The summed E-state index contributed by atoms with van der Waals surface area (Å²) in [5, 5.41) is 0.647. The molecule has 0 bridgehead atoms. The first-order valence-corrected chi connectivity index (χ1v) is 8.76. The number of benzene rings is 3. The van der Waals surface area contributed by atoms with E-state index in [1.165, 1.54) is 6.07 Å². The van der Waals surface area contributed by atoms with Crippen LogP contribution >= 0.6 is 0 Å². The number of alkyl halides is 2. The summed E-state index contributed by atoms with van der Waals surface area (Å²) < 4.78 is 107. The molecule has 0 saturated carbocycles. The van der Waals surface area contributed by atoms with Crippen LogP contribution in [0.2, 0.25) is 0 Å². The molecule has 0 atom stereocenters. The number of furan rings is 1. The molecule has 0 aliphatic carbocycles. The summed E-state index contributed by atoms with van der Waals surface area (Å²) in [4.78, 5) is 0. The number of hydrogen-bond acceptors (Lipinski definition) is 2. The SMILES string of the molecule is Cc1ccc2oc(-c3cc(F)c(C(F)(F)Oc4cc(F)c(F)c(F)c4)c(F)c3)cc2c1. The van der Waals surface area contributed by atoms with E-state index in [2.05, 4.69) is 4.74 Å². The van der Waals surface area contributed by atoms with E-state index in [-0.39, 0.29) is 23.5 Å². The van der Waals surface area contributed by atoms with Crippen LogP contribution in [0.3, 0.4) is 0 Å². The molecule has 160 valence electrons. The fourth-order valence-corrected chi connectivity index (χ4v) is 3.09. The van der Waals surface area contributed by atoms with Crippen molar-refractivity contribution in [2.45, 2.75) is 13.0 Å². The molecule has 1 heterocycles. The number of fused-ring (bicyclic) bond motifs is 1. The van der Waals surface area contributed by atoms with Crippen molar-refractivity contribution in [1.82, 2.24) is 0 Å². The van der Waals surface area contributed by atoms with Crippen LogP contribution in [-0.2, 0) is 6.11 Å². The minimum atomic E-state index is -4.66. The molecule has 0 spiro atoms. The van der Waals surface area contributed by atoms with Crippen LogP contribution in [0.1, 0.15) is 11.1 Å². The lowest BCUT2D eigenvalue weighted by Crippen LogP contribution is -2.25. The predicted octanol–water partition coefficient (Wildman–Crippen LogP) is 7.23. The van der Waals surface area contributed by atoms with Crippen molar-refractivity contribution in [2.75, 3.05) is 0 Å². The summed E-state index contributed by atoms with van der Waals surface area (Å²) in [5.41, 5.74) is -0.590. The van der Waals surface area contributed by atoms with Crippen LogP contribution in [0.15, 0.2) is 52.9 Å². The normalized spacial score (nSPS) is 11.9. The molecule has 0 N–H and O–H groups in total. The number of halogens is 7. The van der Waals surface area contributed by atoms with E-state index in [4.69, 9.17) is 4.42 Å². The van der Waals surface area contributed by atoms with Gasteiger partial charge < -0.3 is 9.15 Å². The summed E-state index contributed by atoms with van der Waals surface area (Å²) in [6, 6.07) is 8.18. The molecule has 0 aliphatic rings. The predicted molar refractivity (Wildman–Crippen MR) is 97.1 cm³/mol. The smallest absolute Gasteiger partial charge is 0.432 e. The van der Waals surface area contributed by atoms with Gasteiger partial charge in [0.2, 0.25) is 0 Å². The molecule has 0 unspecified atom stereocenters. The molecule has 9 heteroatoms. The third-order valence-electron chi connectivity index (χ3n) is 4.49. The van der Waals surface area contributed by atoms with Gasteiger partial charge in [0, 0.05) is 23.1 Å². The molecule has 4 rings (SSSR count). The van der Waals surface area contributed by atoms with E-state index < -0.39 is 46.5 Å². The van der Waals surface area contributed by atoms with Crippen LogP contribution in [0.25, 0.3) is 22.3 Å². The highest BCUT2D eigenvalue weighted by Gasteiger charge is 2.41. The van der Waals surface area contributed by atoms with Gasteiger partial charge in [0.1, 0.15) is 34.3 Å². The Morgan fingerprint density at radius 2 is 1.39 bits per heavy atom. The van der Waals surface area contributed by atoms with E-state index in [1.807, 2.05) is 6.92 Å². The first kappa shape index (κ1) is 20.8. The van der Waals surface area contributed by atoms with Crippen LogP contribution in [-0.4, -0.2) is 0 Å². The van der Waals surface area contributed by atoms with Crippen LogP contribution in [0.4, 0.5) is 30.7 Å². The molecule has 2 nitrogen and oxygen atoms in total. The van der Waals surface area contributed by atoms with Gasteiger partial charge in [-0.15, -0.1) is 0 Å². The first-order chi connectivity index (χ1) is 14.5. The largest absolute Gasteiger partial charge is 0.456 e. The molecule has 0 saturated heterocycles. The van der Waals surface area contributed by atoms with E-state index in [0.29, 0.717) is 23.1 Å². The molecule has 3 aromatic carbocycles. The number of ether oxygens (including phenoxy) is 1. The molecule has 0 aliphatic heterocycles. The van der Waals surface area contributed by atoms with Gasteiger partial charge >= 0.3 is 6.11 Å². The fourth-order valence-electron chi connectivity index (χ4n) is 3.09. The Balaban J connectivity index is 1.72. The number of aryl methyl sites for hydroxylation is 1. The maximum atomic E-state index is 14.5. The quantitative estimate of drug-likeness (QED) is 0.247. The lowest BCUT2D eigenvalue weighted by molar-refractivity contribution is -0.189. The van der Waals surface area contributed by atoms with Gasteiger partial charge in [-0.25, -0.2) is 22.0 Å². The highest BCUT2D eigenvalue weighted by Crippen LogP contribution is 2.38. The second kappa shape index (κ2) is 7.33. The summed E-state index contributed by atoms with van der Waals surface area (Å²) in [6.45, 7) is 1.83. The summed E-state index contributed by atoms with van der Waals surface area (Å²) in [5.74, 6) is -9.99. The second-order valence-corrected chi connectivity index (χ2v) is 6.79. The molecular formula is C22H11F7O2. The van der Waals surface area contributed by atoms with Gasteiger partial charge in [0.15, 0.2) is 17.5 Å². The summed E-state index contributed by atoms with van der Waals surface area (Å²) in [7, 11) is 0. The summed E-state index contributed by atoms with van der Waals surface area (Å²) >= 11 is 0. The zero-order valence-corrected chi connectivity index (χ0v) is 15.6. The second-order valence-electron chi connectivity index (χ2n) is 6.79. The molecule has 1 aromatic heterocycles. The Hall–Kier alpha value is -3.49. The van der Waals surface area contributed by atoms with Crippen molar-refractivity contribution in [3.05, 3.63) is 88.7 Å². The maximum Gasteiger partial charge on any atom is 0.432 e. The number of hydrogen-bond donors (Lipinski definition) is 0. The highest BCUT2D eigenvalue weighted by atomic mass is 19.3. The summed E-state index contributed by atoms with van der Waals surface area (Å²) in [6.07, 6.45) is -4.66. The zero-order valence-electron chi connectivity index (χ0n) is 15.6. The van der Waals surface area contributed by atoms with Crippen molar-refractivity contribution >= 4 is 11.0 Å². The Morgan fingerprint density at radius 1 is 0.774 bits per heavy atom. The van der Waals surface area contributed by atoms with Crippen molar-refractivity contribution in [3.8, 4) is 17.1 Å². The monoisotopic (exact) mass is 440 g/mol. The third-order valence-corrected chi connectivity index (χ3v) is 4.49. The van der Waals surface area contributed by atoms with Crippen LogP contribution in [0.5, 0.6) is 5.75 Å². The Bertz CT molecular complexity index is 1260. The van der Waals surface area contributed by atoms with Crippen molar-refractivity contribution in [3.63, 3.8) is 0 Å². The van der Waals surface area contributed by atoms with Gasteiger partial charge in [-0.3, -0.25) is 0 Å². The standard InChI is InChI=1S/C22H11F7O2/c1-10-2-3-18-11(4-10)7-19(30-18)12-5-14(23)20(15(24)6-12)22(28,29)31-13-8-16(25)21(27)17(26)9-13/h2-9H,1H3.